The van der Waals surface area contributed by atoms with Gasteiger partial charge in [0.1, 0.15) is 11.8 Å². The van der Waals surface area contributed by atoms with Crippen LogP contribution in [0.1, 0.15) is 49.7 Å². The summed E-state index contributed by atoms with van der Waals surface area (Å²) in [4.78, 5) is 51.5. The number of aromatic nitrogens is 4. The molecule has 4 aromatic heterocycles. The molecule has 3 aliphatic rings. The maximum absolute atomic E-state index is 13.4. The van der Waals surface area contributed by atoms with Crippen LogP contribution >= 0.6 is 0 Å². The lowest BCUT2D eigenvalue weighted by molar-refractivity contribution is -0.138. The molecule has 0 bridgehead atoms. The number of hydrogen-bond acceptors (Lipinski definition) is 13. The fourth-order valence-corrected chi connectivity index (χ4v) is 8.90. The standard InChI is InChI=1S/C52H51F6N9O6/c1-31-43(22-39(26-59-31)63-48(68)33-6-4-8-37(18-33)51(53,54)55)35-20-45(66-11-15-70-16-12-66)47(61-24-35)65(3)28-42-29-67(13-17-72-42)46-21-36(25-62-50(46)73-41-10-14-71-30-41)44-23-40(27-60-32(44)2)64-49(69)34-7-5-9-38(19-34)52(56,57)58/h4-9,18-27,41-42H,10-17,28-30H2,1-3H3,(H,63,68)(H,64,69)/t41-,42?/m0/s1. The Labute approximate surface area is 416 Å². The van der Waals surface area contributed by atoms with Crippen molar-refractivity contribution in [2.75, 3.05) is 98.1 Å². The Morgan fingerprint density at radius 2 is 1.25 bits per heavy atom. The van der Waals surface area contributed by atoms with Gasteiger partial charge in [-0.05, 0) is 74.5 Å². The van der Waals surface area contributed by atoms with Crippen LogP contribution in [-0.4, -0.2) is 117 Å². The van der Waals surface area contributed by atoms with E-state index in [1.165, 1.54) is 36.7 Å². The molecule has 7 heterocycles. The summed E-state index contributed by atoms with van der Waals surface area (Å²) < 4.78 is 105. The van der Waals surface area contributed by atoms with Gasteiger partial charge < -0.3 is 44.3 Å². The van der Waals surface area contributed by atoms with Crippen molar-refractivity contribution in [3.05, 3.63) is 131 Å². The van der Waals surface area contributed by atoms with E-state index in [4.69, 9.17) is 28.9 Å². The number of alkyl halides is 6. The molecule has 3 fully saturated rings. The first-order valence-corrected chi connectivity index (χ1v) is 23.5. The lowest BCUT2D eigenvalue weighted by Gasteiger charge is -2.38. The highest BCUT2D eigenvalue weighted by molar-refractivity contribution is 6.05. The molecule has 0 aliphatic carbocycles. The van der Waals surface area contributed by atoms with Crippen LogP contribution in [0.2, 0.25) is 0 Å². The van der Waals surface area contributed by atoms with Crippen molar-refractivity contribution in [1.29, 1.82) is 0 Å². The maximum atomic E-state index is 13.4. The fourth-order valence-electron chi connectivity index (χ4n) is 8.90. The number of rotatable bonds is 13. The molecule has 9 rings (SSSR count). The molecule has 0 saturated carbocycles. The molecule has 3 saturated heterocycles. The number of halogens is 6. The number of morpholine rings is 2. The molecule has 21 heteroatoms. The summed E-state index contributed by atoms with van der Waals surface area (Å²) in [5.41, 5.74) is 3.89. The molecule has 2 atom stereocenters. The van der Waals surface area contributed by atoms with Gasteiger partial charge in [0.15, 0.2) is 5.82 Å². The zero-order chi connectivity index (χ0) is 51.4. The van der Waals surface area contributed by atoms with Crippen molar-refractivity contribution in [3.8, 4) is 28.1 Å². The van der Waals surface area contributed by atoms with Crippen LogP contribution < -0.4 is 30.1 Å². The topological polar surface area (TPSA) is 156 Å². The minimum Gasteiger partial charge on any atom is -0.470 e. The second kappa shape index (κ2) is 21.4. The zero-order valence-electron chi connectivity index (χ0n) is 40.0. The molecule has 3 aliphatic heterocycles. The predicted octanol–water partition coefficient (Wildman–Crippen LogP) is 9.11. The Morgan fingerprint density at radius 1 is 0.685 bits per heavy atom. The van der Waals surface area contributed by atoms with Crippen molar-refractivity contribution in [1.82, 2.24) is 19.9 Å². The second-order valence-corrected chi connectivity index (χ2v) is 17.9. The molecule has 0 radical (unpaired) electrons. The summed E-state index contributed by atoms with van der Waals surface area (Å²) in [7, 11) is 1.94. The van der Waals surface area contributed by atoms with Gasteiger partial charge in [0, 0.05) is 103 Å². The van der Waals surface area contributed by atoms with Crippen molar-refractivity contribution < 1.29 is 54.9 Å². The Hall–Kier alpha value is -7.36. The van der Waals surface area contributed by atoms with Gasteiger partial charge in [0.05, 0.1) is 79.7 Å². The fraction of sp³-hybridized carbons (Fsp3) is 0.346. The van der Waals surface area contributed by atoms with Crippen molar-refractivity contribution in [3.63, 3.8) is 0 Å². The van der Waals surface area contributed by atoms with E-state index < -0.39 is 35.3 Å². The van der Waals surface area contributed by atoms with E-state index in [0.717, 1.165) is 30.0 Å². The summed E-state index contributed by atoms with van der Waals surface area (Å²) in [6, 6.07) is 15.8. The van der Waals surface area contributed by atoms with Gasteiger partial charge in [-0.2, -0.15) is 26.3 Å². The van der Waals surface area contributed by atoms with Gasteiger partial charge in [-0.1, -0.05) is 12.1 Å². The molecular formula is C52H51F6N9O6. The van der Waals surface area contributed by atoms with E-state index in [-0.39, 0.29) is 29.0 Å². The van der Waals surface area contributed by atoms with Gasteiger partial charge in [-0.3, -0.25) is 19.6 Å². The average molecular weight is 1010 g/mol. The van der Waals surface area contributed by atoms with Crippen molar-refractivity contribution in [2.24, 2.45) is 0 Å². The first-order chi connectivity index (χ1) is 35.0. The molecule has 1 unspecified atom stereocenters. The molecule has 2 N–H and O–H groups in total. The summed E-state index contributed by atoms with van der Waals surface area (Å²) in [5.74, 6) is -0.349. The number of amides is 2. The normalized spacial score (nSPS) is 17.3. The number of pyridine rings is 4. The minimum absolute atomic E-state index is 0.148. The lowest BCUT2D eigenvalue weighted by atomic mass is 10.0. The number of benzene rings is 2. The highest BCUT2D eigenvalue weighted by Gasteiger charge is 2.33. The molecule has 2 aromatic carbocycles. The van der Waals surface area contributed by atoms with Gasteiger partial charge >= 0.3 is 12.4 Å². The lowest BCUT2D eigenvalue weighted by Crippen LogP contribution is -2.47. The van der Waals surface area contributed by atoms with Crippen LogP contribution in [0.4, 0.5) is 54.9 Å². The molecular weight excluding hydrogens is 961 g/mol. The Kier molecular flexibility index (Phi) is 14.8. The van der Waals surface area contributed by atoms with Crippen LogP contribution in [0.25, 0.3) is 22.3 Å². The Morgan fingerprint density at radius 3 is 1.81 bits per heavy atom. The minimum atomic E-state index is -4.61. The Balaban J connectivity index is 0.955. The number of carbonyl (C=O) groups excluding carboxylic acids is 2. The number of hydrogen-bond donors (Lipinski definition) is 2. The predicted molar refractivity (Wildman–Crippen MR) is 261 cm³/mol. The first-order valence-electron chi connectivity index (χ1n) is 23.5. The second-order valence-electron chi connectivity index (χ2n) is 17.9. The van der Waals surface area contributed by atoms with Crippen LogP contribution in [0.5, 0.6) is 5.88 Å². The van der Waals surface area contributed by atoms with E-state index in [1.54, 1.807) is 24.5 Å². The smallest absolute Gasteiger partial charge is 0.416 e. The third kappa shape index (κ3) is 12.0. The molecule has 6 aromatic rings. The maximum Gasteiger partial charge on any atom is 0.416 e. The number of likely N-dealkylation sites (N-methyl/N-ethyl adjacent to an activating group) is 1. The van der Waals surface area contributed by atoms with Crippen molar-refractivity contribution in [2.45, 2.75) is 44.8 Å². The van der Waals surface area contributed by atoms with E-state index >= 15 is 0 Å². The quantitative estimate of drug-likeness (QED) is 0.106. The van der Waals surface area contributed by atoms with Gasteiger partial charge in [0.2, 0.25) is 5.88 Å². The van der Waals surface area contributed by atoms with Crippen LogP contribution in [0.3, 0.4) is 0 Å². The third-order valence-corrected chi connectivity index (χ3v) is 12.7. The number of anilines is 5. The summed E-state index contributed by atoms with van der Waals surface area (Å²) >= 11 is 0. The number of nitrogens with one attached hydrogen (secondary N) is 2. The molecule has 0 spiro atoms. The first kappa shape index (κ1) is 50.6. The van der Waals surface area contributed by atoms with Gasteiger partial charge in [-0.15, -0.1) is 0 Å². The highest BCUT2D eigenvalue weighted by Crippen LogP contribution is 2.38. The molecule has 15 nitrogen and oxygen atoms in total. The highest BCUT2D eigenvalue weighted by atomic mass is 19.4. The van der Waals surface area contributed by atoms with Crippen LogP contribution in [0, 0.1) is 13.8 Å². The summed E-state index contributed by atoms with van der Waals surface area (Å²) in [6.45, 7) is 8.55. The van der Waals surface area contributed by atoms with Gasteiger partial charge in [0.25, 0.3) is 11.8 Å². The number of carbonyl (C=O) groups is 2. The van der Waals surface area contributed by atoms with E-state index in [9.17, 15) is 35.9 Å². The molecule has 2 amide bonds. The monoisotopic (exact) mass is 1010 g/mol. The Bertz CT molecular complexity index is 2980. The van der Waals surface area contributed by atoms with Crippen LogP contribution in [-0.2, 0) is 26.6 Å². The van der Waals surface area contributed by atoms with Crippen LogP contribution in [0.15, 0.2) is 97.6 Å². The summed E-state index contributed by atoms with van der Waals surface area (Å²) in [5, 5.41) is 5.38. The largest absolute Gasteiger partial charge is 0.470 e. The molecule has 73 heavy (non-hydrogen) atoms. The SMILES string of the molecule is Cc1ncc(NC(=O)c2cccc(C(F)(F)F)c2)cc1-c1cnc(O[C@H]2CCOC2)c(N2CCOC(CN(C)c3ncc(-c4cc(NC(=O)c5cccc(C(F)(F)F)c5)cnc4C)cc3N3CCOCC3)C2)c1. The average Bonchev–Trinajstić information content (AvgIpc) is 3.90. The zero-order valence-corrected chi connectivity index (χ0v) is 40.0. The van der Waals surface area contributed by atoms with E-state index in [1.807, 2.05) is 37.9 Å². The van der Waals surface area contributed by atoms with Crippen molar-refractivity contribution >= 4 is 40.4 Å². The third-order valence-electron chi connectivity index (χ3n) is 12.7. The number of nitrogens with zero attached hydrogens (tertiary/aromatic N) is 7. The number of ether oxygens (including phenoxy) is 4. The van der Waals surface area contributed by atoms with Gasteiger partial charge in [-0.25, -0.2) is 9.97 Å². The summed E-state index contributed by atoms with van der Waals surface area (Å²) in [6.07, 6.45) is -2.79. The van der Waals surface area contributed by atoms with E-state index in [2.05, 4.69) is 30.4 Å². The number of aryl methyl sites for hydroxylation is 2. The molecule has 382 valence electrons. The van der Waals surface area contributed by atoms with E-state index in [0.29, 0.717) is 129 Å².